The molecule has 2 saturated carbocycles. The van der Waals surface area contributed by atoms with Crippen LogP contribution in [0.15, 0.2) is 30.3 Å². The molecule has 2 unspecified atom stereocenters. The SMILES string of the molecule is CSNC1CCN(C(=O)C2CCC2)CC1OCC1CCC(c2ccccc2)CC1. The Morgan fingerprint density at radius 1 is 1.10 bits per heavy atom. The van der Waals surface area contributed by atoms with E-state index in [1.165, 1.54) is 37.7 Å². The number of rotatable bonds is 7. The highest BCUT2D eigenvalue weighted by atomic mass is 32.2. The molecule has 160 valence electrons. The fourth-order valence-electron chi connectivity index (χ4n) is 5.13. The summed E-state index contributed by atoms with van der Waals surface area (Å²) < 4.78 is 9.99. The first-order valence-corrected chi connectivity index (χ1v) is 12.7. The van der Waals surface area contributed by atoms with Gasteiger partial charge in [-0.2, -0.15) is 0 Å². The summed E-state index contributed by atoms with van der Waals surface area (Å²) in [4.78, 5) is 14.8. The maximum Gasteiger partial charge on any atom is 0.225 e. The van der Waals surface area contributed by atoms with Crippen LogP contribution in [0.5, 0.6) is 0 Å². The number of benzene rings is 1. The van der Waals surface area contributed by atoms with Crippen LogP contribution < -0.4 is 4.72 Å². The van der Waals surface area contributed by atoms with E-state index in [4.69, 9.17) is 4.74 Å². The highest BCUT2D eigenvalue weighted by Gasteiger charge is 2.36. The van der Waals surface area contributed by atoms with E-state index >= 15 is 0 Å². The third-order valence-electron chi connectivity index (χ3n) is 7.26. The predicted molar refractivity (Wildman–Crippen MR) is 120 cm³/mol. The van der Waals surface area contributed by atoms with E-state index in [2.05, 4.69) is 46.2 Å². The molecule has 2 atom stereocenters. The molecule has 0 bridgehead atoms. The van der Waals surface area contributed by atoms with Crippen LogP contribution in [0.3, 0.4) is 0 Å². The average Bonchev–Trinajstić information content (AvgIpc) is 2.73. The molecule has 4 nitrogen and oxygen atoms in total. The lowest BCUT2D eigenvalue weighted by molar-refractivity contribution is -0.143. The van der Waals surface area contributed by atoms with Crippen LogP contribution in [0.2, 0.25) is 0 Å². The summed E-state index contributed by atoms with van der Waals surface area (Å²) in [5.41, 5.74) is 1.49. The summed E-state index contributed by atoms with van der Waals surface area (Å²) >= 11 is 1.67. The van der Waals surface area contributed by atoms with Crippen molar-refractivity contribution < 1.29 is 9.53 Å². The molecule has 2 aliphatic carbocycles. The van der Waals surface area contributed by atoms with Gasteiger partial charge in [-0.1, -0.05) is 48.7 Å². The van der Waals surface area contributed by atoms with Crippen molar-refractivity contribution in [1.82, 2.24) is 9.62 Å². The normalized spacial score (nSPS) is 30.7. The Balaban J connectivity index is 1.26. The molecule has 0 aromatic heterocycles. The van der Waals surface area contributed by atoms with Crippen molar-refractivity contribution in [3.63, 3.8) is 0 Å². The molecule has 1 amide bonds. The summed E-state index contributed by atoms with van der Waals surface area (Å²) in [7, 11) is 0. The molecule has 5 heteroatoms. The summed E-state index contributed by atoms with van der Waals surface area (Å²) in [6, 6.07) is 11.3. The Hall–Kier alpha value is -1.04. The zero-order valence-corrected chi connectivity index (χ0v) is 18.5. The van der Waals surface area contributed by atoms with Gasteiger partial charge in [0.15, 0.2) is 0 Å². The van der Waals surface area contributed by atoms with E-state index < -0.39 is 0 Å². The van der Waals surface area contributed by atoms with Crippen LogP contribution >= 0.6 is 11.9 Å². The Kier molecular flexibility index (Phi) is 7.54. The minimum atomic E-state index is 0.118. The summed E-state index contributed by atoms with van der Waals surface area (Å²) in [6.45, 7) is 2.47. The predicted octanol–water partition coefficient (Wildman–Crippen LogP) is 4.61. The molecule has 1 aromatic rings. The molecule has 3 fully saturated rings. The van der Waals surface area contributed by atoms with Crippen molar-refractivity contribution >= 4 is 17.9 Å². The number of piperidine rings is 1. The van der Waals surface area contributed by atoms with E-state index in [1.807, 2.05) is 0 Å². The third kappa shape index (κ3) is 5.36. The summed E-state index contributed by atoms with van der Waals surface area (Å²) in [6.07, 6.45) is 11.6. The van der Waals surface area contributed by atoms with E-state index in [0.29, 0.717) is 23.8 Å². The first-order valence-electron chi connectivity index (χ1n) is 11.5. The van der Waals surface area contributed by atoms with Crippen molar-refractivity contribution in [2.45, 2.75) is 69.4 Å². The zero-order chi connectivity index (χ0) is 20.1. The minimum Gasteiger partial charge on any atom is -0.374 e. The molecule has 29 heavy (non-hydrogen) atoms. The van der Waals surface area contributed by atoms with Gasteiger partial charge < -0.3 is 9.64 Å². The number of carbonyl (C=O) groups excluding carboxylic acids is 1. The minimum absolute atomic E-state index is 0.118. The molecule has 3 aliphatic rings. The van der Waals surface area contributed by atoms with Crippen LogP contribution in [0.4, 0.5) is 0 Å². The van der Waals surface area contributed by atoms with E-state index in [0.717, 1.165) is 39.0 Å². The fourth-order valence-corrected chi connectivity index (χ4v) is 5.70. The second-order valence-electron chi connectivity index (χ2n) is 9.13. The number of carbonyl (C=O) groups is 1. The summed E-state index contributed by atoms with van der Waals surface area (Å²) in [5.74, 6) is 2.02. The Labute approximate surface area is 180 Å². The van der Waals surface area contributed by atoms with E-state index in [-0.39, 0.29) is 12.0 Å². The molecule has 0 spiro atoms. The van der Waals surface area contributed by atoms with Gasteiger partial charge in [0.2, 0.25) is 5.91 Å². The van der Waals surface area contributed by atoms with Gasteiger partial charge in [-0.25, -0.2) is 0 Å². The van der Waals surface area contributed by atoms with E-state index in [9.17, 15) is 4.79 Å². The molecular formula is C24H36N2O2S. The number of ether oxygens (including phenoxy) is 1. The number of nitrogens with zero attached hydrogens (tertiary/aromatic N) is 1. The first kappa shape index (κ1) is 21.2. The van der Waals surface area contributed by atoms with Gasteiger partial charge >= 0.3 is 0 Å². The maximum atomic E-state index is 12.7. The second kappa shape index (κ2) is 10.3. The Bertz CT molecular complexity index is 644. The van der Waals surface area contributed by atoms with Crippen LogP contribution in [0.1, 0.15) is 62.8 Å². The highest BCUT2D eigenvalue weighted by molar-refractivity contribution is 7.96. The van der Waals surface area contributed by atoms with Crippen LogP contribution in [0.25, 0.3) is 0 Å². The van der Waals surface area contributed by atoms with Gasteiger partial charge in [0.1, 0.15) is 0 Å². The van der Waals surface area contributed by atoms with Gasteiger partial charge in [-0.3, -0.25) is 9.52 Å². The monoisotopic (exact) mass is 416 g/mol. The number of nitrogens with one attached hydrogen (secondary N) is 1. The van der Waals surface area contributed by atoms with Crippen molar-refractivity contribution in [2.75, 3.05) is 26.0 Å². The highest BCUT2D eigenvalue weighted by Crippen LogP contribution is 2.36. The van der Waals surface area contributed by atoms with E-state index in [1.54, 1.807) is 11.9 Å². The molecule has 1 aromatic carbocycles. The number of likely N-dealkylation sites (tertiary alicyclic amines) is 1. The van der Waals surface area contributed by atoms with Crippen molar-refractivity contribution in [2.24, 2.45) is 11.8 Å². The van der Waals surface area contributed by atoms with Gasteiger partial charge in [0.25, 0.3) is 0 Å². The second-order valence-corrected chi connectivity index (χ2v) is 9.77. The molecule has 1 heterocycles. The third-order valence-corrected chi connectivity index (χ3v) is 7.80. The number of hydrogen-bond acceptors (Lipinski definition) is 4. The van der Waals surface area contributed by atoms with Gasteiger partial charge in [0.05, 0.1) is 6.10 Å². The fraction of sp³-hybridized carbons (Fsp3) is 0.708. The topological polar surface area (TPSA) is 41.6 Å². The molecule has 1 saturated heterocycles. The van der Waals surface area contributed by atoms with Crippen LogP contribution in [-0.2, 0) is 9.53 Å². The van der Waals surface area contributed by atoms with Crippen LogP contribution in [0, 0.1) is 11.8 Å². The Morgan fingerprint density at radius 2 is 1.86 bits per heavy atom. The molecule has 0 radical (unpaired) electrons. The van der Waals surface area contributed by atoms with Gasteiger partial charge in [-0.15, -0.1) is 0 Å². The lowest BCUT2D eigenvalue weighted by Gasteiger charge is -2.41. The van der Waals surface area contributed by atoms with Crippen LogP contribution in [-0.4, -0.2) is 48.9 Å². The quantitative estimate of drug-likeness (QED) is 0.659. The average molecular weight is 417 g/mol. The van der Waals surface area contributed by atoms with Gasteiger partial charge in [0, 0.05) is 31.7 Å². The van der Waals surface area contributed by atoms with Gasteiger partial charge in [-0.05, 0) is 68.6 Å². The maximum absolute atomic E-state index is 12.7. The lowest BCUT2D eigenvalue weighted by Crippen LogP contribution is -2.55. The molecule has 1 N–H and O–H groups in total. The zero-order valence-electron chi connectivity index (χ0n) is 17.7. The summed E-state index contributed by atoms with van der Waals surface area (Å²) in [5, 5.41) is 0. The molecule has 4 rings (SSSR count). The standard InChI is InChI=1S/C24H36N2O2S/c1-29-25-22-14-15-26(24(27)21-8-5-9-21)16-23(22)28-17-18-10-12-20(13-11-18)19-6-3-2-4-7-19/h2-4,6-7,18,20-23,25H,5,8-17H2,1H3. The molecule has 1 aliphatic heterocycles. The van der Waals surface area contributed by atoms with Crippen molar-refractivity contribution in [3.05, 3.63) is 35.9 Å². The number of hydrogen-bond donors (Lipinski definition) is 1. The lowest BCUT2D eigenvalue weighted by atomic mass is 9.79. The van der Waals surface area contributed by atoms with Crippen molar-refractivity contribution in [3.8, 4) is 0 Å². The number of amides is 1. The molecular weight excluding hydrogens is 380 g/mol. The smallest absolute Gasteiger partial charge is 0.225 e. The Morgan fingerprint density at radius 3 is 2.52 bits per heavy atom. The first-order chi connectivity index (χ1) is 14.2. The largest absolute Gasteiger partial charge is 0.374 e. The van der Waals surface area contributed by atoms with Crippen molar-refractivity contribution in [1.29, 1.82) is 0 Å².